The van der Waals surface area contributed by atoms with Gasteiger partial charge < -0.3 is 4.74 Å². The first kappa shape index (κ1) is 7.66. The zero-order valence-corrected chi connectivity index (χ0v) is 7.63. The predicted octanol–water partition coefficient (Wildman–Crippen LogP) is 2.71. The van der Waals surface area contributed by atoms with E-state index in [1.165, 1.54) is 17.5 Å². The number of fused-ring (bicyclic) bond motifs is 1. The fourth-order valence-electron chi connectivity index (χ4n) is 1.73. The number of aryl methyl sites for hydroxylation is 1. The van der Waals surface area contributed by atoms with Crippen molar-refractivity contribution in [2.75, 3.05) is 0 Å². The molecule has 1 heterocycles. The lowest BCUT2D eigenvalue weighted by Gasteiger charge is -2.24. The first-order valence-electron chi connectivity index (χ1n) is 4.52. The normalized spacial score (nSPS) is 21.3. The minimum atomic E-state index is 0.388. The van der Waals surface area contributed by atoms with E-state index in [0.29, 0.717) is 6.10 Å². The zero-order chi connectivity index (χ0) is 8.55. The van der Waals surface area contributed by atoms with Gasteiger partial charge in [0.05, 0.1) is 6.10 Å². The molecule has 0 aromatic heterocycles. The lowest BCUT2D eigenvalue weighted by atomic mass is 9.99. The zero-order valence-electron chi connectivity index (χ0n) is 7.63. The van der Waals surface area contributed by atoms with Gasteiger partial charge in [0.1, 0.15) is 5.75 Å². The van der Waals surface area contributed by atoms with Crippen molar-refractivity contribution in [2.45, 2.75) is 32.8 Å². The second kappa shape index (κ2) is 2.81. The van der Waals surface area contributed by atoms with Crippen LogP contribution in [0.1, 0.15) is 24.5 Å². The number of hydrogen-bond donors (Lipinski definition) is 0. The topological polar surface area (TPSA) is 9.23 Å². The number of ether oxygens (including phenoxy) is 1. The molecule has 1 atom stereocenters. The van der Waals surface area contributed by atoms with E-state index in [2.05, 4.69) is 32.0 Å². The average molecular weight is 162 g/mol. The maximum atomic E-state index is 5.71. The predicted molar refractivity (Wildman–Crippen MR) is 49.6 cm³/mol. The van der Waals surface area contributed by atoms with E-state index in [-0.39, 0.29) is 0 Å². The number of hydrogen-bond acceptors (Lipinski definition) is 1. The maximum Gasteiger partial charge on any atom is 0.123 e. The van der Waals surface area contributed by atoms with Crippen LogP contribution in [0.2, 0.25) is 0 Å². The van der Waals surface area contributed by atoms with E-state index >= 15 is 0 Å². The van der Waals surface area contributed by atoms with E-state index in [0.717, 1.165) is 12.2 Å². The fourth-order valence-corrected chi connectivity index (χ4v) is 1.73. The van der Waals surface area contributed by atoms with E-state index in [1.807, 2.05) is 0 Å². The summed E-state index contributed by atoms with van der Waals surface area (Å²) in [6.45, 7) is 4.28. The molecule has 1 aromatic rings. The first-order chi connectivity index (χ1) is 5.77. The molecule has 0 bridgehead atoms. The highest BCUT2D eigenvalue weighted by Gasteiger charge is 2.16. The minimum absolute atomic E-state index is 0.388. The molecule has 0 fully saturated rings. The quantitative estimate of drug-likeness (QED) is 0.570. The first-order valence-corrected chi connectivity index (χ1v) is 4.52. The van der Waals surface area contributed by atoms with Crippen molar-refractivity contribution in [2.24, 2.45) is 0 Å². The summed E-state index contributed by atoms with van der Waals surface area (Å²) < 4.78 is 5.71. The molecular formula is C11H14O. The lowest BCUT2D eigenvalue weighted by molar-refractivity contribution is 0.192. The van der Waals surface area contributed by atoms with Crippen LogP contribution in [-0.2, 0) is 6.42 Å². The van der Waals surface area contributed by atoms with Crippen LogP contribution < -0.4 is 4.74 Å². The van der Waals surface area contributed by atoms with Crippen molar-refractivity contribution in [3.05, 3.63) is 29.3 Å². The molecular weight excluding hydrogens is 148 g/mol. The van der Waals surface area contributed by atoms with Gasteiger partial charge in [0.25, 0.3) is 0 Å². The van der Waals surface area contributed by atoms with Crippen molar-refractivity contribution < 1.29 is 4.74 Å². The van der Waals surface area contributed by atoms with Crippen molar-refractivity contribution in [3.8, 4) is 5.75 Å². The summed E-state index contributed by atoms with van der Waals surface area (Å²) in [6.07, 6.45) is 2.71. The van der Waals surface area contributed by atoms with Gasteiger partial charge in [-0.3, -0.25) is 0 Å². The summed E-state index contributed by atoms with van der Waals surface area (Å²) in [7, 11) is 0. The van der Waals surface area contributed by atoms with Gasteiger partial charge in [0.2, 0.25) is 0 Å². The van der Waals surface area contributed by atoms with Gasteiger partial charge in [-0.25, -0.2) is 0 Å². The third kappa shape index (κ3) is 1.20. The Morgan fingerprint density at radius 1 is 1.42 bits per heavy atom. The maximum absolute atomic E-state index is 5.71. The largest absolute Gasteiger partial charge is 0.490 e. The van der Waals surface area contributed by atoms with Crippen molar-refractivity contribution >= 4 is 0 Å². The minimum Gasteiger partial charge on any atom is -0.490 e. The van der Waals surface area contributed by atoms with Gasteiger partial charge >= 0.3 is 0 Å². The van der Waals surface area contributed by atoms with Crippen LogP contribution in [0.3, 0.4) is 0 Å². The second-order valence-corrected chi connectivity index (χ2v) is 3.52. The Hall–Kier alpha value is -0.980. The molecule has 1 heteroatoms. The van der Waals surface area contributed by atoms with Crippen LogP contribution in [0.4, 0.5) is 0 Å². The molecule has 1 aliphatic heterocycles. The summed E-state index contributed by atoms with van der Waals surface area (Å²) in [5, 5.41) is 0. The highest BCUT2D eigenvalue weighted by atomic mass is 16.5. The molecule has 12 heavy (non-hydrogen) atoms. The molecule has 1 aliphatic rings. The monoisotopic (exact) mass is 162 g/mol. The van der Waals surface area contributed by atoms with E-state index < -0.39 is 0 Å². The molecule has 1 aromatic carbocycles. The SMILES string of the molecule is Cc1cccc2c1CCC(C)O2. The molecule has 1 unspecified atom stereocenters. The van der Waals surface area contributed by atoms with Gasteiger partial charge in [-0.2, -0.15) is 0 Å². The van der Waals surface area contributed by atoms with Crippen LogP contribution in [0.15, 0.2) is 18.2 Å². The van der Waals surface area contributed by atoms with E-state index in [1.54, 1.807) is 0 Å². The Kier molecular flexibility index (Phi) is 1.80. The molecule has 0 spiro atoms. The van der Waals surface area contributed by atoms with Gasteiger partial charge in [0, 0.05) is 0 Å². The molecule has 2 rings (SSSR count). The molecule has 0 aliphatic carbocycles. The Balaban J connectivity index is 2.42. The van der Waals surface area contributed by atoms with Gasteiger partial charge in [0.15, 0.2) is 0 Å². The number of rotatable bonds is 0. The van der Waals surface area contributed by atoms with Crippen LogP contribution in [-0.4, -0.2) is 6.10 Å². The van der Waals surface area contributed by atoms with Gasteiger partial charge in [-0.1, -0.05) is 12.1 Å². The Morgan fingerprint density at radius 2 is 2.25 bits per heavy atom. The van der Waals surface area contributed by atoms with Gasteiger partial charge in [-0.15, -0.1) is 0 Å². The lowest BCUT2D eigenvalue weighted by Crippen LogP contribution is -2.19. The summed E-state index contributed by atoms with van der Waals surface area (Å²) in [6, 6.07) is 6.28. The molecule has 0 saturated carbocycles. The van der Waals surface area contributed by atoms with Crippen molar-refractivity contribution in [3.63, 3.8) is 0 Å². The van der Waals surface area contributed by atoms with Gasteiger partial charge in [-0.05, 0) is 43.9 Å². The molecule has 64 valence electrons. The van der Waals surface area contributed by atoms with E-state index in [9.17, 15) is 0 Å². The third-order valence-electron chi connectivity index (χ3n) is 2.50. The summed E-state index contributed by atoms with van der Waals surface area (Å²) >= 11 is 0. The van der Waals surface area contributed by atoms with Crippen molar-refractivity contribution in [1.29, 1.82) is 0 Å². The van der Waals surface area contributed by atoms with E-state index in [4.69, 9.17) is 4.74 Å². The smallest absolute Gasteiger partial charge is 0.123 e. The summed E-state index contributed by atoms with van der Waals surface area (Å²) in [4.78, 5) is 0. The molecule has 1 nitrogen and oxygen atoms in total. The van der Waals surface area contributed by atoms with Crippen molar-refractivity contribution in [1.82, 2.24) is 0 Å². The Labute approximate surface area is 73.4 Å². The average Bonchev–Trinajstić information content (AvgIpc) is 2.04. The third-order valence-corrected chi connectivity index (χ3v) is 2.50. The summed E-state index contributed by atoms with van der Waals surface area (Å²) in [5.41, 5.74) is 2.76. The molecule has 0 amide bonds. The molecule has 0 saturated heterocycles. The molecule has 0 radical (unpaired) electrons. The highest BCUT2D eigenvalue weighted by Crippen LogP contribution is 2.29. The Morgan fingerprint density at radius 3 is 3.08 bits per heavy atom. The van der Waals surface area contributed by atoms with Crippen LogP contribution in [0.25, 0.3) is 0 Å². The summed E-state index contributed by atoms with van der Waals surface area (Å²) in [5.74, 6) is 1.09. The second-order valence-electron chi connectivity index (χ2n) is 3.52. The molecule has 0 N–H and O–H groups in total. The fraction of sp³-hybridized carbons (Fsp3) is 0.455. The van der Waals surface area contributed by atoms with Crippen LogP contribution in [0, 0.1) is 6.92 Å². The highest BCUT2D eigenvalue weighted by molar-refractivity contribution is 5.40. The Bertz CT molecular complexity index is 291. The van der Waals surface area contributed by atoms with Crippen LogP contribution >= 0.6 is 0 Å². The standard InChI is InChI=1S/C11H14O/c1-8-4-3-5-11-10(8)7-6-9(2)12-11/h3-5,9H,6-7H2,1-2H3. The number of benzene rings is 1. The van der Waals surface area contributed by atoms with Crippen LogP contribution in [0.5, 0.6) is 5.75 Å².